The first kappa shape index (κ1) is 40.0. The molecule has 0 amide bonds. The van der Waals surface area contributed by atoms with Crippen molar-refractivity contribution in [3.8, 4) is 22.3 Å². The lowest BCUT2D eigenvalue weighted by molar-refractivity contribution is 0.669. The van der Waals surface area contributed by atoms with E-state index in [1.807, 2.05) is 12.1 Å². The number of rotatable bonds is 8. The number of aryl methyl sites for hydroxylation is 2. The standard InChI is InChI=1S/C66H44N2O2/c1-41-13-7-17-47(37-41)67(49-19-9-15-45(39-49)51-23-11-25-55-53-21-3-5-27-61(53)69-65(51)55)59-35-31-43-30-34-58-60(36-32-44-29-33-57(59)63(43)64(44)58)68(48-18-8-14-42(2)38-48)50-20-10-16-46(40-50)52-24-12-26-56-54-22-4-6-28-62(54)70-66(52)56/h3-40H,1-2H3. The topological polar surface area (TPSA) is 32.8 Å². The summed E-state index contributed by atoms with van der Waals surface area (Å²) in [7, 11) is 0. The second-order valence-electron chi connectivity index (χ2n) is 18.6. The maximum Gasteiger partial charge on any atom is 0.143 e. The third-order valence-corrected chi connectivity index (χ3v) is 14.3. The van der Waals surface area contributed by atoms with Gasteiger partial charge >= 0.3 is 0 Å². The molecule has 2 aromatic heterocycles. The van der Waals surface area contributed by atoms with E-state index in [0.717, 1.165) is 100 Å². The first-order chi connectivity index (χ1) is 34.5. The molecule has 12 aromatic carbocycles. The Morgan fingerprint density at radius 3 is 1.14 bits per heavy atom. The Bertz CT molecular complexity index is 4090. The Morgan fingerprint density at radius 1 is 0.300 bits per heavy atom. The number of benzene rings is 12. The third kappa shape index (κ3) is 6.30. The van der Waals surface area contributed by atoms with Gasteiger partial charge in [-0.2, -0.15) is 0 Å². The van der Waals surface area contributed by atoms with Crippen molar-refractivity contribution in [3.63, 3.8) is 0 Å². The minimum atomic E-state index is 0.895. The molecule has 70 heavy (non-hydrogen) atoms. The van der Waals surface area contributed by atoms with E-state index in [4.69, 9.17) is 8.83 Å². The molecule has 0 aliphatic rings. The molecule has 0 saturated heterocycles. The van der Waals surface area contributed by atoms with Crippen molar-refractivity contribution in [1.82, 2.24) is 0 Å². The van der Waals surface area contributed by atoms with Gasteiger partial charge in [0.15, 0.2) is 0 Å². The van der Waals surface area contributed by atoms with E-state index in [0.29, 0.717) is 0 Å². The van der Waals surface area contributed by atoms with Crippen LogP contribution < -0.4 is 9.80 Å². The minimum Gasteiger partial charge on any atom is -0.455 e. The molecule has 4 heteroatoms. The summed E-state index contributed by atoms with van der Waals surface area (Å²) < 4.78 is 13.1. The molecular formula is C66H44N2O2. The fourth-order valence-corrected chi connectivity index (χ4v) is 11.1. The van der Waals surface area contributed by atoms with Crippen LogP contribution in [0.15, 0.2) is 239 Å². The van der Waals surface area contributed by atoms with E-state index < -0.39 is 0 Å². The molecule has 0 unspecified atom stereocenters. The van der Waals surface area contributed by atoms with Crippen LogP contribution in [0.1, 0.15) is 11.1 Å². The Labute approximate surface area is 404 Å². The maximum atomic E-state index is 6.57. The van der Waals surface area contributed by atoms with Gasteiger partial charge in [-0.05, 0) is 130 Å². The summed E-state index contributed by atoms with van der Waals surface area (Å²) >= 11 is 0. The lowest BCUT2D eigenvalue weighted by atomic mass is 9.91. The third-order valence-electron chi connectivity index (χ3n) is 14.3. The van der Waals surface area contributed by atoms with Crippen LogP contribution in [0.25, 0.3) is 98.4 Å². The van der Waals surface area contributed by atoms with Gasteiger partial charge in [0.2, 0.25) is 0 Å². The zero-order valence-corrected chi connectivity index (χ0v) is 38.7. The van der Waals surface area contributed by atoms with Crippen LogP contribution in [-0.4, -0.2) is 0 Å². The highest BCUT2D eigenvalue weighted by atomic mass is 16.3. The van der Waals surface area contributed by atoms with Gasteiger partial charge < -0.3 is 18.6 Å². The van der Waals surface area contributed by atoms with Gasteiger partial charge in [-0.25, -0.2) is 0 Å². The predicted octanol–water partition coefficient (Wildman–Crippen LogP) is 19.3. The van der Waals surface area contributed by atoms with Gasteiger partial charge in [0.1, 0.15) is 22.3 Å². The Morgan fingerprint density at radius 2 is 0.686 bits per heavy atom. The van der Waals surface area contributed by atoms with Crippen LogP contribution in [0.2, 0.25) is 0 Å². The Hall–Kier alpha value is -9.12. The van der Waals surface area contributed by atoms with E-state index in [1.165, 1.54) is 43.4 Å². The SMILES string of the molecule is Cc1cccc(N(c2cccc(-c3cccc4c3oc3ccccc34)c2)c2ccc3ccc4c(N(c5cccc(C)c5)c5cccc(-c6cccc7c6oc6ccccc67)c5)ccc5ccc2c3c54)c1. The lowest BCUT2D eigenvalue weighted by Gasteiger charge is -2.30. The van der Waals surface area contributed by atoms with Crippen molar-refractivity contribution >= 4 is 110 Å². The summed E-state index contributed by atoms with van der Waals surface area (Å²) in [5.41, 5.74) is 16.9. The first-order valence-electron chi connectivity index (χ1n) is 24.0. The molecule has 4 nitrogen and oxygen atoms in total. The number of hydrogen-bond acceptors (Lipinski definition) is 4. The molecule has 0 aliphatic carbocycles. The van der Waals surface area contributed by atoms with Crippen molar-refractivity contribution in [3.05, 3.63) is 242 Å². The fourth-order valence-electron chi connectivity index (χ4n) is 11.1. The van der Waals surface area contributed by atoms with Crippen LogP contribution in [0.3, 0.4) is 0 Å². The summed E-state index contributed by atoms with van der Waals surface area (Å²) in [6.07, 6.45) is 0. The number of fused-ring (bicyclic) bond motifs is 6. The molecule has 330 valence electrons. The molecule has 14 aromatic rings. The number of furan rings is 2. The second-order valence-corrected chi connectivity index (χ2v) is 18.6. The molecule has 14 rings (SSSR count). The molecule has 0 aliphatic heterocycles. The van der Waals surface area contributed by atoms with Gasteiger partial charge in [0.25, 0.3) is 0 Å². The first-order valence-corrected chi connectivity index (χ1v) is 24.0. The summed E-state index contributed by atoms with van der Waals surface area (Å²) in [6, 6.07) is 83.4. The molecular weight excluding hydrogens is 853 g/mol. The highest BCUT2D eigenvalue weighted by Crippen LogP contribution is 2.49. The molecule has 2 heterocycles. The van der Waals surface area contributed by atoms with Crippen molar-refractivity contribution in [2.45, 2.75) is 13.8 Å². The van der Waals surface area contributed by atoms with Crippen molar-refractivity contribution in [2.24, 2.45) is 0 Å². The number of anilines is 6. The molecule has 0 spiro atoms. The van der Waals surface area contributed by atoms with Gasteiger partial charge in [0, 0.05) is 66.2 Å². The summed E-state index contributed by atoms with van der Waals surface area (Å²) in [4.78, 5) is 4.85. The van der Waals surface area contributed by atoms with Gasteiger partial charge in [-0.1, -0.05) is 158 Å². The zero-order chi connectivity index (χ0) is 46.5. The normalized spacial score (nSPS) is 11.9. The van der Waals surface area contributed by atoms with E-state index >= 15 is 0 Å². The zero-order valence-electron chi connectivity index (χ0n) is 38.7. The number of para-hydroxylation sites is 4. The van der Waals surface area contributed by atoms with Crippen LogP contribution in [0.5, 0.6) is 0 Å². The van der Waals surface area contributed by atoms with Gasteiger partial charge in [-0.15, -0.1) is 0 Å². The maximum absolute atomic E-state index is 6.57. The van der Waals surface area contributed by atoms with Crippen LogP contribution >= 0.6 is 0 Å². The van der Waals surface area contributed by atoms with Crippen molar-refractivity contribution in [1.29, 1.82) is 0 Å². The van der Waals surface area contributed by atoms with Crippen LogP contribution in [-0.2, 0) is 0 Å². The minimum absolute atomic E-state index is 0.895. The van der Waals surface area contributed by atoms with Crippen molar-refractivity contribution in [2.75, 3.05) is 9.80 Å². The van der Waals surface area contributed by atoms with Crippen molar-refractivity contribution < 1.29 is 8.83 Å². The molecule has 0 N–H and O–H groups in total. The lowest BCUT2D eigenvalue weighted by Crippen LogP contribution is -2.12. The average molecular weight is 897 g/mol. The molecule has 0 saturated carbocycles. The number of nitrogens with zero attached hydrogens (tertiary/aromatic N) is 2. The van der Waals surface area contributed by atoms with E-state index in [2.05, 4.69) is 242 Å². The quantitative estimate of drug-likeness (QED) is 0.142. The van der Waals surface area contributed by atoms with E-state index in [9.17, 15) is 0 Å². The highest BCUT2D eigenvalue weighted by molar-refractivity contribution is 6.28. The van der Waals surface area contributed by atoms with Crippen LogP contribution in [0, 0.1) is 13.8 Å². The molecule has 0 fully saturated rings. The van der Waals surface area contributed by atoms with Gasteiger partial charge in [-0.3, -0.25) is 0 Å². The predicted molar refractivity (Wildman–Crippen MR) is 294 cm³/mol. The molecule has 0 radical (unpaired) electrons. The molecule has 0 atom stereocenters. The van der Waals surface area contributed by atoms with Crippen LogP contribution in [0.4, 0.5) is 34.1 Å². The second kappa shape index (κ2) is 15.7. The Kier molecular flexibility index (Phi) is 8.99. The molecule has 0 bridgehead atoms. The summed E-state index contributed by atoms with van der Waals surface area (Å²) in [5, 5.41) is 11.7. The fraction of sp³-hybridized carbons (Fsp3) is 0.0303. The van der Waals surface area contributed by atoms with E-state index in [1.54, 1.807) is 0 Å². The largest absolute Gasteiger partial charge is 0.455 e. The Balaban J connectivity index is 0.957. The summed E-state index contributed by atoms with van der Waals surface area (Å²) in [6.45, 7) is 4.34. The van der Waals surface area contributed by atoms with Gasteiger partial charge in [0.05, 0.1) is 11.4 Å². The number of hydrogen-bond donors (Lipinski definition) is 0. The highest BCUT2D eigenvalue weighted by Gasteiger charge is 2.24. The monoisotopic (exact) mass is 896 g/mol. The van der Waals surface area contributed by atoms with E-state index in [-0.39, 0.29) is 0 Å². The summed E-state index contributed by atoms with van der Waals surface area (Å²) in [5.74, 6) is 0. The smallest absolute Gasteiger partial charge is 0.143 e. The average Bonchev–Trinajstić information content (AvgIpc) is 3.98.